The second-order valence-electron chi connectivity index (χ2n) is 18.9. The summed E-state index contributed by atoms with van der Waals surface area (Å²) in [5.74, 6) is -0.0628. The van der Waals surface area contributed by atoms with E-state index in [0.29, 0.717) is 23.5 Å². The third-order valence-corrected chi connectivity index (χ3v) is 15.1. The quantitative estimate of drug-likeness (QED) is 0.202. The minimum Gasteiger partial charge on any atom is -0.457 e. The molecule has 18 nitrogen and oxygen atoms in total. The summed E-state index contributed by atoms with van der Waals surface area (Å²) in [5, 5.41) is 8.15. The van der Waals surface area contributed by atoms with E-state index in [2.05, 4.69) is 39.6 Å². The molecule has 5 fully saturated rings. The Kier molecular flexibility index (Phi) is 11.7. The molecule has 6 amide bonds. The number of anilines is 2. The molecule has 18 heteroatoms. The van der Waals surface area contributed by atoms with Crippen LogP contribution < -0.4 is 20.7 Å². The van der Waals surface area contributed by atoms with Gasteiger partial charge in [-0.3, -0.25) is 34.3 Å². The van der Waals surface area contributed by atoms with E-state index in [4.69, 9.17) is 15.6 Å². The summed E-state index contributed by atoms with van der Waals surface area (Å²) in [6.45, 7) is 8.19. The lowest BCUT2D eigenvalue weighted by atomic mass is 9.97. The number of urea groups is 1. The Bertz CT molecular complexity index is 2730. The number of imide groups is 2. The number of likely N-dealkylation sites (tertiary alicyclic amines) is 3. The fraction of sp³-hybridized carbons (Fsp3) is 0.440. The van der Waals surface area contributed by atoms with Crippen molar-refractivity contribution in [2.45, 2.75) is 75.5 Å². The zero-order valence-electron chi connectivity index (χ0n) is 38.0. The normalized spacial score (nSPS) is 21.7. The molecule has 0 bridgehead atoms. The molecule has 0 spiro atoms. The molecule has 5 saturated heterocycles. The Morgan fingerprint density at radius 3 is 1.93 bits per heavy atom. The monoisotopic (exact) mass is 920 g/mol. The van der Waals surface area contributed by atoms with Crippen LogP contribution >= 0.6 is 0 Å². The van der Waals surface area contributed by atoms with Crippen LogP contribution in [-0.4, -0.2) is 157 Å². The highest BCUT2D eigenvalue weighted by Gasteiger charge is 2.45. The maximum Gasteiger partial charge on any atom is 0.320 e. The number of rotatable bonds is 8. The molecule has 1 atom stereocenters. The molecule has 5 aromatic rings. The minimum absolute atomic E-state index is 0.0868. The zero-order chi connectivity index (χ0) is 46.5. The Balaban J connectivity index is 0.633. The van der Waals surface area contributed by atoms with Crippen molar-refractivity contribution in [3.63, 3.8) is 0 Å². The highest BCUT2D eigenvalue weighted by Crippen LogP contribution is 2.37. The van der Waals surface area contributed by atoms with Gasteiger partial charge in [-0.15, -0.1) is 0 Å². The third kappa shape index (κ3) is 8.29. The fourth-order valence-electron chi connectivity index (χ4n) is 11.3. The van der Waals surface area contributed by atoms with Gasteiger partial charge in [0.1, 0.15) is 35.4 Å². The van der Waals surface area contributed by atoms with E-state index >= 15 is 0 Å². The summed E-state index contributed by atoms with van der Waals surface area (Å²) in [6, 6.07) is 23.1. The summed E-state index contributed by atoms with van der Waals surface area (Å²) in [4.78, 5) is 86.1. The second kappa shape index (κ2) is 18.3. The van der Waals surface area contributed by atoms with Gasteiger partial charge in [-0.25, -0.2) is 19.4 Å². The van der Waals surface area contributed by atoms with Gasteiger partial charge in [0.15, 0.2) is 5.65 Å². The number of piperazine rings is 1. The molecule has 1 unspecified atom stereocenters. The Morgan fingerprint density at radius 2 is 1.26 bits per heavy atom. The number of carbonyl (C=O) groups excluding carboxylic acids is 5. The molecule has 0 aliphatic carbocycles. The van der Waals surface area contributed by atoms with E-state index in [0.717, 1.165) is 148 Å². The molecule has 2 aromatic heterocycles. The van der Waals surface area contributed by atoms with Gasteiger partial charge in [0.25, 0.3) is 11.8 Å². The fourth-order valence-corrected chi connectivity index (χ4v) is 11.3. The first kappa shape index (κ1) is 43.6. The molecular weight excluding hydrogens is 865 g/mol. The zero-order valence-corrected chi connectivity index (χ0v) is 38.0. The highest BCUT2D eigenvalue weighted by atomic mass is 16.5. The van der Waals surface area contributed by atoms with Crippen LogP contribution in [0.3, 0.4) is 0 Å². The molecule has 8 heterocycles. The summed E-state index contributed by atoms with van der Waals surface area (Å²) in [5.41, 5.74) is 10.4. The first-order valence-corrected chi connectivity index (χ1v) is 24.1. The number of fused-ring (bicyclic) bond motifs is 2. The lowest BCUT2D eigenvalue weighted by molar-refractivity contribution is -0.136. The number of para-hydroxylation sites is 1. The summed E-state index contributed by atoms with van der Waals surface area (Å²) >= 11 is 0. The maximum absolute atomic E-state index is 13.8. The summed E-state index contributed by atoms with van der Waals surface area (Å²) < 4.78 is 8.08. The van der Waals surface area contributed by atoms with E-state index in [1.54, 1.807) is 12.1 Å². The number of nitrogen functional groups attached to an aromatic ring is 1. The lowest BCUT2D eigenvalue weighted by Crippen LogP contribution is -2.56. The van der Waals surface area contributed by atoms with Gasteiger partial charge in [-0.1, -0.05) is 18.2 Å². The summed E-state index contributed by atoms with van der Waals surface area (Å²) in [7, 11) is 0. The molecule has 6 aliphatic heterocycles. The third-order valence-electron chi connectivity index (χ3n) is 15.1. The number of ether oxygens (including phenoxy) is 1. The van der Waals surface area contributed by atoms with Crippen molar-refractivity contribution in [1.82, 2.24) is 49.6 Å². The van der Waals surface area contributed by atoms with Crippen LogP contribution in [0, 0.1) is 0 Å². The second-order valence-corrected chi connectivity index (χ2v) is 18.9. The molecule has 0 saturated carbocycles. The van der Waals surface area contributed by atoms with Crippen molar-refractivity contribution >= 4 is 52.2 Å². The molecule has 6 aliphatic rings. The van der Waals surface area contributed by atoms with E-state index in [1.807, 2.05) is 65.6 Å². The molecule has 3 aromatic carbocycles. The number of nitrogens with zero attached hydrogens (tertiary/aromatic N) is 10. The van der Waals surface area contributed by atoms with Crippen LogP contribution in [0.2, 0.25) is 0 Å². The van der Waals surface area contributed by atoms with Gasteiger partial charge in [0, 0.05) is 95.2 Å². The first-order valence-electron chi connectivity index (χ1n) is 24.1. The lowest BCUT2D eigenvalue weighted by Gasteiger charge is -2.45. The molecular formula is C50H56N12O6. The number of benzene rings is 3. The van der Waals surface area contributed by atoms with E-state index in [1.165, 1.54) is 6.33 Å². The van der Waals surface area contributed by atoms with Gasteiger partial charge in [0.2, 0.25) is 11.8 Å². The predicted molar refractivity (Wildman–Crippen MR) is 253 cm³/mol. The predicted octanol–water partition coefficient (Wildman–Crippen LogP) is 4.78. The minimum atomic E-state index is -0.982. The van der Waals surface area contributed by atoms with Crippen LogP contribution in [0.1, 0.15) is 78.1 Å². The van der Waals surface area contributed by atoms with Crippen molar-refractivity contribution in [3.8, 4) is 22.8 Å². The van der Waals surface area contributed by atoms with E-state index in [-0.39, 0.29) is 30.5 Å². The number of carbonyl (C=O) groups is 5. The number of aromatic nitrogens is 4. The van der Waals surface area contributed by atoms with Crippen LogP contribution in [0.15, 0.2) is 79.1 Å². The van der Waals surface area contributed by atoms with Crippen LogP contribution in [0.4, 0.5) is 16.3 Å². The topological polar surface area (TPSA) is 196 Å². The van der Waals surface area contributed by atoms with Gasteiger partial charge in [0.05, 0.1) is 22.6 Å². The Morgan fingerprint density at radius 1 is 0.647 bits per heavy atom. The highest BCUT2D eigenvalue weighted by molar-refractivity contribution is 6.23. The smallest absolute Gasteiger partial charge is 0.320 e. The summed E-state index contributed by atoms with van der Waals surface area (Å²) in [6.07, 6.45) is 7.42. The van der Waals surface area contributed by atoms with Crippen LogP contribution in [0.5, 0.6) is 11.5 Å². The van der Waals surface area contributed by atoms with Crippen molar-refractivity contribution in [3.05, 3.63) is 90.3 Å². The van der Waals surface area contributed by atoms with Crippen LogP contribution in [0.25, 0.3) is 22.3 Å². The van der Waals surface area contributed by atoms with Crippen molar-refractivity contribution in [2.75, 3.05) is 76.1 Å². The molecule has 68 heavy (non-hydrogen) atoms. The van der Waals surface area contributed by atoms with Gasteiger partial charge >= 0.3 is 6.03 Å². The van der Waals surface area contributed by atoms with E-state index in [9.17, 15) is 24.0 Å². The Labute approximate surface area is 394 Å². The SMILES string of the molecule is Nc1ncnc2c1c(-c1ccc(Oc3ccccc3)cc1)nn2C1CCN(C2CCN(C(=O)N3CCC(N4CCN(c5ccc6c(c5)C(=O)N(C5CCC(=O)NC5=O)C6=O)CC4)CC3)CC2)CC1. The molecule has 352 valence electrons. The largest absolute Gasteiger partial charge is 0.457 e. The van der Waals surface area contributed by atoms with Gasteiger partial charge < -0.3 is 30.1 Å². The van der Waals surface area contributed by atoms with Crippen molar-refractivity contribution < 1.29 is 28.7 Å². The maximum atomic E-state index is 13.8. The van der Waals surface area contributed by atoms with E-state index < -0.39 is 29.7 Å². The van der Waals surface area contributed by atoms with Crippen molar-refractivity contribution in [2.24, 2.45) is 0 Å². The van der Waals surface area contributed by atoms with Crippen molar-refractivity contribution in [1.29, 1.82) is 0 Å². The Hall–Kier alpha value is -6.92. The molecule has 0 radical (unpaired) electrons. The van der Waals surface area contributed by atoms with Gasteiger partial charge in [-0.05, 0) is 99.5 Å². The number of hydrogen-bond donors (Lipinski definition) is 2. The first-order chi connectivity index (χ1) is 33.2. The molecule has 11 rings (SSSR count). The number of nitrogens with two attached hydrogens (primary N) is 1. The standard InChI is InChI=1S/C50H56N12O6/c51-45-43-44(32-6-9-38(10-7-32)68-37-4-2-1-3-5-37)55-62(46(43)53-31-52-45)35-18-20-56(21-19-35)33-14-22-59(23-15-33)50(67)60-24-16-34(17-25-60)57-26-28-58(29-27-57)36-8-11-39-40(30-36)49(66)61(48(39)65)41-12-13-42(63)54-47(41)64/h1-11,30-31,33-35,41H,12-29H2,(H2,51,52,53)(H,54,63,64). The number of hydrogen-bond acceptors (Lipinski definition) is 13. The number of amides is 6. The average molecular weight is 921 g/mol. The molecule has 3 N–H and O–H groups in total. The van der Waals surface area contributed by atoms with Crippen LogP contribution in [-0.2, 0) is 9.59 Å². The average Bonchev–Trinajstić information content (AvgIpc) is 3.89. The number of piperidine rings is 4. The van der Waals surface area contributed by atoms with Gasteiger partial charge in [-0.2, -0.15) is 5.10 Å². The number of nitrogens with one attached hydrogen (secondary N) is 1.